The molecule has 156 valence electrons. The molecule has 3 aromatic rings. The van der Waals surface area contributed by atoms with Gasteiger partial charge >= 0.3 is 0 Å². The number of methoxy groups -OCH3 is 1. The molecule has 0 heterocycles. The fourth-order valence-electron chi connectivity index (χ4n) is 2.88. The van der Waals surface area contributed by atoms with Crippen molar-refractivity contribution in [3.05, 3.63) is 82.4 Å². The lowest BCUT2D eigenvalue weighted by Gasteiger charge is -2.15. The summed E-state index contributed by atoms with van der Waals surface area (Å²) in [6.07, 6.45) is 0. The zero-order valence-corrected chi connectivity index (χ0v) is 18.3. The first-order valence-corrected chi connectivity index (χ1v) is 10.9. The number of ether oxygens (including phenoxy) is 1. The zero-order valence-electron chi connectivity index (χ0n) is 16.7. The summed E-state index contributed by atoms with van der Waals surface area (Å²) in [6.45, 7) is 3.60. The molecule has 2 N–H and O–H groups in total. The minimum absolute atomic E-state index is 0.0252. The Morgan fingerprint density at radius 1 is 0.933 bits per heavy atom. The Morgan fingerprint density at radius 3 is 2.37 bits per heavy atom. The third-order valence-corrected chi connectivity index (χ3v) is 6.16. The van der Waals surface area contributed by atoms with E-state index in [0.29, 0.717) is 22.0 Å². The number of amides is 1. The van der Waals surface area contributed by atoms with Crippen molar-refractivity contribution in [3.63, 3.8) is 0 Å². The quantitative estimate of drug-likeness (QED) is 0.559. The number of carbonyl (C=O) groups excluding carboxylic acids is 1. The Balaban J connectivity index is 1.94. The molecule has 0 saturated carbocycles. The Kier molecular flexibility index (Phi) is 6.34. The van der Waals surface area contributed by atoms with Gasteiger partial charge in [0.2, 0.25) is 0 Å². The summed E-state index contributed by atoms with van der Waals surface area (Å²) in [5.74, 6) is -0.0191. The lowest BCUT2D eigenvalue weighted by molar-refractivity contribution is 0.102. The van der Waals surface area contributed by atoms with E-state index in [0.717, 1.165) is 11.1 Å². The fraction of sp³-hybridized carbons (Fsp3) is 0.136. The molecule has 3 aromatic carbocycles. The second kappa shape index (κ2) is 8.77. The molecule has 0 saturated heterocycles. The van der Waals surface area contributed by atoms with E-state index in [1.165, 1.54) is 25.3 Å². The number of hydrogen-bond acceptors (Lipinski definition) is 4. The van der Waals surface area contributed by atoms with Gasteiger partial charge in [-0.1, -0.05) is 35.9 Å². The minimum Gasteiger partial charge on any atom is -0.495 e. The van der Waals surface area contributed by atoms with E-state index in [9.17, 15) is 13.2 Å². The largest absolute Gasteiger partial charge is 0.495 e. The van der Waals surface area contributed by atoms with Gasteiger partial charge in [-0.3, -0.25) is 9.52 Å². The third-order valence-electron chi connectivity index (χ3n) is 4.56. The van der Waals surface area contributed by atoms with Crippen molar-refractivity contribution in [2.45, 2.75) is 18.7 Å². The van der Waals surface area contributed by atoms with Crippen LogP contribution in [0.2, 0.25) is 5.02 Å². The Labute approximate surface area is 180 Å². The molecule has 0 aromatic heterocycles. The fourth-order valence-corrected chi connectivity index (χ4v) is 4.20. The Hall–Kier alpha value is -3.03. The summed E-state index contributed by atoms with van der Waals surface area (Å²) in [5, 5.41) is 3.15. The van der Waals surface area contributed by atoms with Crippen LogP contribution in [-0.4, -0.2) is 21.4 Å². The molecule has 3 rings (SSSR count). The van der Waals surface area contributed by atoms with Crippen molar-refractivity contribution in [1.82, 2.24) is 0 Å². The second-order valence-corrected chi connectivity index (χ2v) is 8.81. The summed E-state index contributed by atoms with van der Waals surface area (Å²) in [7, 11) is -2.48. The predicted molar refractivity (Wildman–Crippen MR) is 119 cm³/mol. The van der Waals surface area contributed by atoms with Crippen molar-refractivity contribution < 1.29 is 17.9 Å². The number of benzene rings is 3. The van der Waals surface area contributed by atoms with E-state index in [1.54, 1.807) is 37.3 Å². The molecule has 0 bridgehead atoms. The van der Waals surface area contributed by atoms with E-state index in [4.69, 9.17) is 16.3 Å². The smallest absolute Gasteiger partial charge is 0.261 e. The number of sulfonamides is 1. The van der Waals surface area contributed by atoms with Gasteiger partial charge in [0, 0.05) is 10.6 Å². The van der Waals surface area contributed by atoms with Crippen molar-refractivity contribution in [1.29, 1.82) is 0 Å². The van der Waals surface area contributed by atoms with Gasteiger partial charge in [-0.15, -0.1) is 0 Å². The minimum atomic E-state index is -3.92. The maximum absolute atomic E-state index is 12.9. The van der Waals surface area contributed by atoms with Gasteiger partial charge in [0.05, 0.1) is 23.4 Å². The van der Waals surface area contributed by atoms with Crippen LogP contribution in [0.1, 0.15) is 21.5 Å². The van der Waals surface area contributed by atoms with Crippen LogP contribution in [0.5, 0.6) is 5.75 Å². The van der Waals surface area contributed by atoms with Crippen LogP contribution in [0.3, 0.4) is 0 Å². The topological polar surface area (TPSA) is 84.5 Å². The lowest BCUT2D eigenvalue weighted by atomic mass is 10.1. The summed E-state index contributed by atoms with van der Waals surface area (Å²) in [4.78, 5) is 12.7. The first-order chi connectivity index (χ1) is 14.2. The number of carbonyl (C=O) groups is 1. The van der Waals surface area contributed by atoms with Gasteiger partial charge in [0.25, 0.3) is 15.9 Å². The first-order valence-electron chi connectivity index (χ1n) is 9.05. The van der Waals surface area contributed by atoms with Gasteiger partial charge in [0.15, 0.2) is 0 Å². The standard InChI is InChI=1S/C22H21ClN2O4S/c1-14-6-4-5-7-18(14)22(26)24-20-13-17(10-11-21(20)29-3)30(27,28)25-19-12-16(23)9-8-15(19)2/h4-13,25H,1-3H3,(H,24,26). The molecule has 0 radical (unpaired) electrons. The maximum atomic E-state index is 12.9. The number of rotatable bonds is 6. The molecule has 30 heavy (non-hydrogen) atoms. The highest BCUT2D eigenvalue weighted by Gasteiger charge is 2.19. The molecule has 0 aliphatic rings. The molecule has 0 fully saturated rings. The van der Waals surface area contributed by atoms with Crippen LogP contribution in [0.4, 0.5) is 11.4 Å². The zero-order chi connectivity index (χ0) is 21.9. The van der Waals surface area contributed by atoms with Gasteiger partial charge < -0.3 is 10.1 Å². The summed E-state index contributed by atoms with van der Waals surface area (Å²) in [6, 6.07) is 16.3. The van der Waals surface area contributed by atoms with Crippen molar-refractivity contribution in [2.75, 3.05) is 17.1 Å². The van der Waals surface area contributed by atoms with E-state index in [1.807, 2.05) is 19.1 Å². The van der Waals surface area contributed by atoms with Crippen LogP contribution in [0.15, 0.2) is 65.6 Å². The van der Waals surface area contributed by atoms with Crippen molar-refractivity contribution in [3.8, 4) is 5.75 Å². The summed E-state index contributed by atoms with van der Waals surface area (Å²) < 4.78 is 33.7. The Bertz CT molecular complexity index is 1210. The molecule has 8 heteroatoms. The SMILES string of the molecule is COc1ccc(S(=O)(=O)Nc2cc(Cl)ccc2C)cc1NC(=O)c1ccccc1C. The van der Waals surface area contributed by atoms with Gasteiger partial charge in [-0.2, -0.15) is 0 Å². The average Bonchev–Trinajstić information content (AvgIpc) is 2.70. The number of halogens is 1. The van der Waals surface area contributed by atoms with Gasteiger partial charge in [-0.05, 0) is 61.4 Å². The van der Waals surface area contributed by atoms with E-state index >= 15 is 0 Å². The third kappa shape index (κ3) is 4.75. The predicted octanol–water partition coefficient (Wildman–Crippen LogP) is 5.02. The lowest BCUT2D eigenvalue weighted by Crippen LogP contribution is -2.16. The van der Waals surface area contributed by atoms with E-state index < -0.39 is 10.0 Å². The van der Waals surface area contributed by atoms with Crippen molar-refractivity contribution >= 4 is 38.9 Å². The Morgan fingerprint density at radius 2 is 1.67 bits per heavy atom. The molecule has 6 nitrogen and oxygen atoms in total. The number of anilines is 2. The molecule has 1 amide bonds. The first kappa shape index (κ1) is 21.7. The van der Waals surface area contributed by atoms with Gasteiger partial charge in [-0.25, -0.2) is 8.42 Å². The van der Waals surface area contributed by atoms with Gasteiger partial charge in [0.1, 0.15) is 5.75 Å². The number of hydrogen-bond donors (Lipinski definition) is 2. The highest BCUT2D eigenvalue weighted by molar-refractivity contribution is 7.92. The van der Waals surface area contributed by atoms with E-state index in [-0.39, 0.29) is 16.5 Å². The molecular formula is C22H21ClN2O4S. The maximum Gasteiger partial charge on any atom is 0.261 e. The van der Waals surface area contributed by atoms with Crippen LogP contribution in [0, 0.1) is 13.8 Å². The second-order valence-electron chi connectivity index (χ2n) is 6.70. The molecule has 0 unspecified atom stereocenters. The average molecular weight is 445 g/mol. The van der Waals surface area contributed by atoms with Crippen LogP contribution >= 0.6 is 11.6 Å². The monoisotopic (exact) mass is 444 g/mol. The molecule has 0 aliphatic heterocycles. The summed E-state index contributed by atoms with van der Waals surface area (Å²) in [5.41, 5.74) is 2.64. The number of aryl methyl sites for hydroxylation is 2. The highest BCUT2D eigenvalue weighted by atomic mass is 35.5. The van der Waals surface area contributed by atoms with Crippen LogP contribution < -0.4 is 14.8 Å². The molecule has 0 atom stereocenters. The normalized spacial score (nSPS) is 11.1. The molecular weight excluding hydrogens is 424 g/mol. The van der Waals surface area contributed by atoms with Crippen molar-refractivity contribution in [2.24, 2.45) is 0 Å². The van der Waals surface area contributed by atoms with Crippen LogP contribution in [0.25, 0.3) is 0 Å². The molecule has 0 spiro atoms. The van der Waals surface area contributed by atoms with Crippen LogP contribution in [-0.2, 0) is 10.0 Å². The van der Waals surface area contributed by atoms with E-state index in [2.05, 4.69) is 10.0 Å². The summed E-state index contributed by atoms with van der Waals surface area (Å²) >= 11 is 5.99. The number of nitrogens with one attached hydrogen (secondary N) is 2. The highest BCUT2D eigenvalue weighted by Crippen LogP contribution is 2.30. The molecule has 0 aliphatic carbocycles.